The molecule has 102 valence electrons. The van der Waals surface area contributed by atoms with Gasteiger partial charge in [0.1, 0.15) is 17.1 Å². The maximum absolute atomic E-state index is 13.7. The Morgan fingerprint density at radius 2 is 2.21 bits per heavy atom. The molecule has 0 radical (unpaired) electrons. The molecule has 3 rings (SSSR count). The summed E-state index contributed by atoms with van der Waals surface area (Å²) in [6, 6.07) is 0. The van der Waals surface area contributed by atoms with E-state index in [-0.39, 0.29) is 24.1 Å². The average Bonchev–Trinajstić information content (AvgIpc) is 2.97. The summed E-state index contributed by atoms with van der Waals surface area (Å²) < 4.78 is 33.8. The highest BCUT2D eigenvalue weighted by Crippen LogP contribution is 2.32. The van der Waals surface area contributed by atoms with Gasteiger partial charge in [-0.25, -0.2) is 14.4 Å². The second kappa shape index (κ2) is 4.48. The molecule has 2 aromatic rings. The maximum Gasteiger partial charge on any atom is 0.241 e. The fourth-order valence-electron chi connectivity index (χ4n) is 2.27. The molecule has 3 atom stereocenters. The largest absolute Gasteiger partial charge is 0.394 e. The quantitative estimate of drug-likeness (QED) is 0.770. The first-order chi connectivity index (χ1) is 9.11. The predicted octanol–water partition coefficient (Wildman–Crippen LogP) is 0.350. The molecule has 1 aliphatic rings. The summed E-state index contributed by atoms with van der Waals surface area (Å²) in [5.41, 5.74) is -0.335. The highest BCUT2D eigenvalue weighted by Gasteiger charge is 2.36. The molecule has 0 saturated carbocycles. The number of halogens is 2. The lowest BCUT2D eigenvalue weighted by atomic mass is 10.2. The number of pyridine rings is 1. The van der Waals surface area contributed by atoms with E-state index in [1.54, 1.807) is 0 Å². The van der Waals surface area contributed by atoms with Gasteiger partial charge in [0.05, 0.1) is 25.2 Å². The average molecular weight is 271 g/mol. The molecule has 19 heavy (non-hydrogen) atoms. The molecule has 0 spiro atoms. The number of ether oxygens (including phenoxy) is 1. The number of rotatable bonds is 2. The van der Waals surface area contributed by atoms with Crippen molar-refractivity contribution in [2.24, 2.45) is 0 Å². The molecule has 2 aromatic heterocycles. The Bertz CT molecular complexity index is 618. The van der Waals surface area contributed by atoms with E-state index in [4.69, 9.17) is 9.84 Å². The van der Waals surface area contributed by atoms with Crippen LogP contribution in [0.25, 0.3) is 11.0 Å². The number of aliphatic hydroxyl groups excluding tert-OH is 2. The van der Waals surface area contributed by atoms with Gasteiger partial charge >= 0.3 is 0 Å². The molecule has 1 fully saturated rings. The minimum Gasteiger partial charge on any atom is -0.394 e. The fourth-order valence-corrected chi connectivity index (χ4v) is 2.27. The highest BCUT2D eigenvalue weighted by molar-refractivity contribution is 5.75. The zero-order chi connectivity index (χ0) is 13.6. The number of nitrogens with zero attached hydrogens (tertiary/aromatic N) is 3. The maximum atomic E-state index is 13.7. The van der Waals surface area contributed by atoms with Crippen LogP contribution in [0.3, 0.4) is 0 Å². The van der Waals surface area contributed by atoms with Gasteiger partial charge in [0, 0.05) is 6.42 Å². The molecule has 0 aliphatic carbocycles. The van der Waals surface area contributed by atoms with Crippen LogP contribution in [0, 0.1) is 11.8 Å². The number of fused-ring (bicyclic) bond motifs is 1. The van der Waals surface area contributed by atoms with Crippen LogP contribution < -0.4 is 0 Å². The first-order valence-corrected chi connectivity index (χ1v) is 5.72. The van der Waals surface area contributed by atoms with Crippen LogP contribution in [0.15, 0.2) is 12.5 Å². The first kappa shape index (κ1) is 12.4. The normalized spacial score (nSPS) is 27.3. The molecular weight excluding hydrogens is 260 g/mol. The predicted molar refractivity (Wildman–Crippen MR) is 59.1 cm³/mol. The van der Waals surface area contributed by atoms with Crippen molar-refractivity contribution >= 4 is 11.0 Å². The lowest BCUT2D eigenvalue weighted by molar-refractivity contribution is -0.0486. The van der Waals surface area contributed by atoms with Crippen LogP contribution in [0.4, 0.5) is 8.78 Å². The van der Waals surface area contributed by atoms with Gasteiger partial charge in [-0.05, 0) is 0 Å². The zero-order valence-electron chi connectivity index (χ0n) is 9.70. The summed E-state index contributed by atoms with van der Waals surface area (Å²) in [4.78, 5) is 6.98. The van der Waals surface area contributed by atoms with Gasteiger partial charge in [0.15, 0.2) is 12.0 Å². The van der Waals surface area contributed by atoms with Crippen molar-refractivity contribution in [2.45, 2.75) is 24.9 Å². The van der Waals surface area contributed by atoms with Crippen molar-refractivity contribution < 1.29 is 23.7 Å². The summed E-state index contributed by atoms with van der Waals surface area (Å²) in [7, 11) is 0. The van der Waals surface area contributed by atoms with Gasteiger partial charge in [-0.3, -0.25) is 4.57 Å². The van der Waals surface area contributed by atoms with E-state index in [1.807, 2.05) is 0 Å². The third-order valence-corrected chi connectivity index (χ3v) is 3.15. The summed E-state index contributed by atoms with van der Waals surface area (Å²) in [5, 5.41) is 18.9. The lowest BCUT2D eigenvalue weighted by Crippen LogP contribution is -2.19. The summed E-state index contributed by atoms with van der Waals surface area (Å²) >= 11 is 0. The minimum absolute atomic E-state index is 0.116. The number of aromatic nitrogens is 3. The Hall–Kier alpha value is -1.64. The van der Waals surface area contributed by atoms with Crippen molar-refractivity contribution in [3.8, 4) is 0 Å². The van der Waals surface area contributed by atoms with Gasteiger partial charge in [-0.15, -0.1) is 0 Å². The van der Waals surface area contributed by atoms with Gasteiger partial charge in [-0.1, -0.05) is 0 Å². The van der Waals surface area contributed by atoms with Crippen molar-refractivity contribution in [1.82, 2.24) is 14.5 Å². The monoisotopic (exact) mass is 271 g/mol. The molecule has 3 heterocycles. The molecule has 1 saturated heterocycles. The molecule has 0 amide bonds. The second-order valence-corrected chi connectivity index (χ2v) is 4.38. The molecule has 6 nitrogen and oxygen atoms in total. The Labute approximate surface area is 106 Å². The molecule has 0 unspecified atom stereocenters. The molecule has 0 bridgehead atoms. The highest BCUT2D eigenvalue weighted by atomic mass is 19.1. The number of hydrogen-bond donors (Lipinski definition) is 2. The smallest absolute Gasteiger partial charge is 0.241 e. The van der Waals surface area contributed by atoms with Gasteiger partial charge in [-0.2, -0.15) is 4.39 Å². The van der Waals surface area contributed by atoms with Crippen molar-refractivity contribution in [2.75, 3.05) is 6.61 Å². The Morgan fingerprint density at radius 3 is 2.89 bits per heavy atom. The third kappa shape index (κ3) is 1.88. The van der Waals surface area contributed by atoms with Gasteiger partial charge < -0.3 is 14.9 Å². The Morgan fingerprint density at radius 1 is 1.42 bits per heavy atom. The summed E-state index contributed by atoms with van der Waals surface area (Å²) in [6.45, 7) is -0.251. The van der Waals surface area contributed by atoms with Crippen molar-refractivity contribution in [3.63, 3.8) is 0 Å². The van der Waals surface area contributed by atoms with E-state index < -0.39 is 30.2 Å². The van der Waals surface area contributed by atoms with E-state index in [2.05, 4.69) is 9.97 Å². The van der Waals surface area contributed by atoms with E-state index in [0.29, 0.717) is 0 Å². The van der Waals surface area contributed by atoms with Crippen LogP contribution in [-0.4, -0.2) is 43.6 Å². The molecule has 0 aromatic carbocycles. The topological polar surface area (TPSA) is 80.4 Å². The lowest BCUT2D eigenvalue weighted by Gasteiger charge is -2.17. The van der Waals surface area contributed by atoms with E-state index in [9.17, 15) is 13.9 Å². The van der Waals surface area contributed by atoms with Crippen LogP contribution in [0.5, 0.6) is 0 Å². The van der Waals surface area contributed by atoms with E-state index >= 15 is 0 Å². The van der Waals surface area contributed by atoms with Gasteiger partial charge in [0.25, 0.3) is 0 Å². The third-order valence-electron chi connectivity index (χ3n) is 3.15. The minimum atomic E-state index is -0.926. The van der Waals surface area contributed by atoms with E-state index in [1.165, 1.54) is 10.9 Å². The molecule has 8 heteroatoms. The summed E-state index contributed by atoms with van der Waals surface area (Å²) in [5.74, 6) is -1.64. The fraction of sp³-hybridized carbons (Fsp3) is 0.455. The van der Waals surface area contributed by atoms with E-state index in [0.717, 1.165) is 6.20 Å². The molecule has 1 aliphatic heterocycles. The molecule has 2 N–H and O–H groups in total. The SMILES string of the molecule is OC[C@@H]1C[C@@H](O)[C@@H](n2cnc3c(F)ncc(F)c32)O1. The van der Waals surface area contributed by atoms with Crippen LogP contribution in [-0.2, 0) is 4.74 Å². The van der Waals surface area contributed by atoms with Crippen molar-refractivity contribution in [1.29, 1.82) is 0 Å². The zero-order valence-corrected chi connectivity index (χ0v) is 9.70. The number of imidazole rings is 1. The number of aliphatic hydroxyl groups is 2. The first-order valence-electron chi connectivity index (χ1n) is 5.72. The second-order valence-electron chi connectivity index (χ2n) is 4.38. The van der Waals surface area contributed by atoms with Crippen molar-refractivity contribution in [3.05, 3.63) is 24.3 Å². The summed E-state index contributed by atoms with van der Waals surface area (Å²) in [6.07, 6.45) is -0.209. The Balaban J connectivity index is 2.09. The molecular formula is C11H11F2N3O3. The van der Waals surface area contributed by atoms with Gasteiger partial charge in [0.2, 0.25) is 5.95 Å². The standard InChI is InChI=1S/C11H11F2N3O3/c12-6-2-14-10(13)8-9(6)16(4-15-8)11-7(18)1-5(3-17)19-11/h2,4-5,7,11,17-18H,1,3H2/t5-,7+,11-/m0/s1. The van der Waals surface area contributed by atoms with Crippen LogP contribution in [0.2, 0.25) is 0 Å². The van der Waals surface area contributed by atoms with Crippen LogP contribution >= 0.6 is 0 Å². The number of hydrogen-bond acceptors (Lipinski definition) is 5. The van der Waals surface area contributed by atoms with Crippen LogP contribution in [0.1, 0.15) is 12.6 Å². The Kier molecular flexibility index (Phi) is 2.92.